The molecule has 0 heterocycles. The van der Waals surface area contributed by atoms with Crippen LogP contribution in [0.3, 0.4) is 0 Å². The van der Waals surface area contributed by atoms with Crippen LogP contribution in [0.2, 0.25) is 10.0 Å². The normalized spacial score (nSPS) is 10.6. The topological polar surface area (TPSA) is 59.9 Å². The third-order valence-corrected chi connectivity index (χ3v) is 3.59. The van der Waals surface area contributed by atoms with Crippen molar-refractivity contribution in [2.24, 2.45) is 5.10 Å². The molecule has 0 unspecified atom stereocenters. The molecule has 0 aromatic heterocycles. The fourth-order valence-corrected chi connectivity index (χ4v) is 2.10. The second-order valence-corrected chi connectivity index (χ2v) is 5.45. The molecule has 0 fully saturated rings. The molecule has 2 aromatic rings. The van der Waals surface area contributed by atoms with E-state index in [-0.39, 0.29) is 6.61 Å². The van der Waals surface area contributed by atoms with E-state index in [0.717, 1.165) is 0 Å². The highest BCUT2D eigenvalue weighted by Gasteiger charge is 2.06. The van der Waals surface area contributed by atoms with Crippen LogP contribution < -0.4 is 14.9 Å². The van der Waals surface area contributed by atoms with Crippen molar-refractivity contribution in [3.05, 3.63) is 58.1 Å². The number of amides is 1. The molecule has 0 radical (unpaired) electrons. The van der Waals surface area contributed by atoms with Gasteiger partial charge in [0.2, 0.25) is 0 Å². The Labute approximate surface area is 150 Å². The van der Waals surface area contributed by atoms with Gasteiger partial charge in [-0.2, -0.15) is 5.10 Å². The molecule has 0 spiro atoms. The van der Waals surface area contributed by atoms with Crippen LogP contribution in [0.1, 0.15) is 12.5 Å². The lowest BCUT2D eigenvalue weighted by Gasteiger charge is -2.10. The monoisotopic (exact) mass is 366 g/mol. The molecule has 2 rings (SSSR count). The number of benzene rings is 2. The Morgan fingerprint density at radius 3 is 2.50 bits per heavy atom. The highest BCUT2D eigenvalue weighted by Crippen LogP contribution is 2.26. The SMILES string of the molecule is CCOc1ccccc1OCC(=O)N/N=C\c1ccc(Cl)c(Cl)c1. The Hall–Kier alpha value is -2.24. The zero-order valence-corrected chi connectivity index (χ0v) is 14.5. The summed E-state index contributed by atoms with van der Waals surface area (Å²) in [5, 5.41) is 4.72. The first-order valence-electron chi connectivity index (χ1n) is 7.21. The quantitative estimate of drug-likeness (QED) is 0.596. The highest BCUT2D eigenvalue weighted by molar-refractivity contribution is 6.42. The summed E-state index contributed by atoms with van der Waals surface area (Å²) in [6, 6.07) is 12.2. The highest BCUT2D eigenvalue weighted by atomic mass is 35.5. The van der Waals surface area contributed by atoms with Crippen molar-refractivity contribution in [1.82, 2.24) is 5.43 Å². The van der Waals surface area contributed by atoms with Gasteiger partial charge in [0, 0.05) is 0 Å². The van der Waals surface area contributed by atoms with Crippen molar-refractivity contribution in [2.45, 2.75) is 6.92 Å². The molecular formula is C17H16Cl2N2O3. The Balaban J connectivity index is 1.85. The third kappa shape index (κ3) is 5.44. The smallest absolute Gasteiger partial charge is 0.277 e. The fraction of sp³-hybridized carbons (Fsp3) is 0.176. The van der Waals surface area contributed by atoms with Crippen molar-refractivity contribution in [3.8, 4) is 11.5 Å². The van der Waals surface area contributed by atoms with Crippen molar-refractivity contribution < 1.29 is 14.3 Å². The Morgan fingerprint density at radius 2 is 1.83 bits per heavy atom. The Kier molecular flexibility index (Phi) is 6.90. The summed E-state index contributed by atoms with van der Waals surface area (Å²) in [6.07, 6.45) is 1.47. The molecule has 0 saturated heterocycles. The van der Waals surface area contributed by atoms with Crippen molar-refractivity contribution in [1.29, 1.82) is 0 Å². The predicted molar refractivity (Wildman–Crippen MR) is 95.3 cm³/mol. The van der Waals surface area contributed by atoms with Gasteiger partial charge in [-0.1, -0.05) is 41.4 Å². The van der Waals surface area contributed by atoms with Crippen LogP contribution in [-0.2, 0) is 4.79 Å². The van der Waals surface area contributed by atoms with E-state index < -0.39 is 5.91 Å². The minimum atomic E-state index is -0.391. The zero-order chi connectivity index (χ0) is 17.4. The number of ether oxygens (including phenoxy) is 2. The Morgan fingerprint density at radius 1 is 1.12 bits per heavy atom. The average molecular weight is 367 g/mol. The maximum Gasteiger partial charge on any atom is 0.277 e. The standard InChI is InChI=1S/C17H16Cl2N2O3/c1-2-23-15-5-3-4-6-16(15)24-11-17(22)21-20-10-12-7-8-13(18)14(19)9-12/h3-10H,2,11H2,1H3,(H,21,22)/b20-10-. The van der Waals surface area contributed by atoms with Crippen LogP contribution in [0.15, 0.2) is 47.6 Å². The van der Waals surface area contributed by atoms with E-state index in [1.807, 2.05) is 13.0 Å². The number of hydrogen-bond donors (Lipinski definition) is 1. The van der Waals surface area contributed by atoms with Gasteiger partial charge >= 0.3 is 0 Å². The third-order valence-electron chi connectivity index (χ3n) is 2.85. The number of nitrogens with one attached hydrogen (secondary N) is 1. The molecule has 1 amide bonds. The molecule has 0 saturated carbocycles. The molecule has 24 heavy (non-hydrogen) atoms. The summed E-state index contributed by atoms with van der Waals surface area (Å²) < 4.78 is 10.9. The van der Waals surface area contributed by atoms with E-state index in [1.54, 1.807) is 36.4 Å². The second-order valence-electron chi connectivity index (χ2n) is 4.64. The lowest BCUT2D eigenvalue weighted by Crippen LogP contribution is -2.24. The number of hydrogen-bond acceptors (Lipinski definition) is 4. The molecule has 0 aliphatic carbocycles. The van der Waals surface area contributed by atoms with Crippen LogP contribution in [0.5, 0.6) is 11.5 Å². The van der Waals surface area contributed by atoms with Gasteiger partial charge in [0.1, 0.15) is 0 Å². The fourth-order valence-electron chi connectivity index (χ4n) is 1.79. The van der Waals surface area contributed by atoms with Crippen LogP contribution in [0.4, 0.5) is 0 Å². The van der Waals surface area contributed by atoms with Gasteiger partial charge in [0.05, 0.1) is 22.9 Å². The Bertz CT molecular complexity index is 736. The van der Waals surface area contributed by atoms with Crippen LogP contribution in [-0.4, -0.2) is 25.3 Å². The van der Waals surface area contributed by atoms with E-state index in [1.165, 1.54) is 6.21 Å². The average Bonchev–Trinajstić information content (AvgIpc) is 2.57. The number of carbonyl (C=O) groups is 1. The van der Waals surface area contributed by atoms with Crippen LogP contribution in [0.25, 0.3) is 0 Å². The summed E-state index contributed by atoms with van der Waals surface area (Å²) in [6.45, 7) is 2.21. The first-order chi connectivity index (χ1) is 11.6. The molecule has 0 bridgehead atoms. The molecule has 1 N–H and O–H groups in total. The van der Waals surface area contributed by atoms with E-state index >= 15 is 0 Å². The molecule has 0 atom stereocenters. The maximum atomic E-state index is 11.8. The lowest BCUT2D eigenvalue weighted by molar-refractivity contribution is -0.123. The van der Waals surface area contributed by atoms with Crippen LogP contribution >= 0.6 is 23.2 Å². The van der Waals surface area contributed by atoms with E-state index in [9.17, 15) is 4.79 Å². The number of hydrazone groups is 1. The summed E-state index contributed by atoms with van der Waals surface area (Å²) in [5.74, 6) is 0.702. The lowest BCUT2D eigenvalue weighted by atomic mass is 10.2. The second kappa shape index (κ2) is 9.15. The maximum absolute atomic E-state index is 11.8. The van der Waals surface area contributed by atoms with Gasteiger partial charge in [-0.05, 0) is 36.8 Å². The van der Waals surface area contributed by atoms with Crippen molar-refractivity contribution in [2.75, 3.05) is 13.2 Å². The van der Waals surface area contributed by atoms with Gasteiger partial charge in [0.15, 0.2) is 18.1 Å². The van der Waals surface area contributed by atoms with Gasteiger partial charge in [-0.15, -0.1) is 0 Å². The predicted octanol–water partition coefficient (Wildman–Crippen LogP) is 3.92. The number of carbonyl (C=O) groups excluding carboxylic acids is 1. The molecule has 5 nitrogen and oxygen atoms in total. The van der Waals surface area contributed by atoms with Crippen LogP contribution in [0, 0.1) is 0 Å². The number of nitrogens with zero attached hydrogens (tertiary/aromatic N) is 1. The van der Waals surface area contributed by atoms with Gasteiger partial charge in [0.25, 0.3) is 5.91 Å². The number of rotatable bonds is 7. The zero-order valence-electron chi connectivity index (χ0n) is 13.0. The summed E-state index contributed by atoms with van der Waals surface area (Å²) in [4.78, 5) is 11.8. The largest absolute Gasteiger partial charge is 0.490 e. The van der Waals surface area contributed by atoms with Crippen molar-refractivity contribution >= 4 is 35.3 Å². The molecule has 0 aliphatic heterocycles. The molecule has 0 aliphatic rings. The molecule has 126 valence electrons. The molecule has 2 aromatic carbocycles. The minimum absolute atomic E-state index is 0.178. The minimum Gasteiger partial charge on any atom is -0.490 e. The van der Waals surface area contributed by atoms with E-state index in [4.69, 9.17) is 32.7 Å². The summed E-state index contributed by atoms with van der Waals surface area (Å²) in [7, 11) is 0. The van der Waals surface area contributed by atoms with Gasteiger partial charge in [-0.25, -0.2) is 5.43 Å². The summed E-state index contributed by atoms with van der Waals surface area (Å²) in [5.41, 5.74) is 3.09. The summed E-state index contributed by atoms with van der Waals surface area (Å²) >= 11 is 11.7. The van der Waals surface area contributed by atoms with E-state index in [2.05, 4.69) is 10.5 Å². The van der Waals surface area contributed by atoms with Crippen molar-refractivity contribution in [3.63, 3.8) is 0 Å². The molecular weight excluding hydrogens is 351 g/mol. The number of para-hydroxylation sites is 2. The van der Waals surface area contributed by atoms with E-state index in [0.29, 0.717) is 33.7 Å². The van der Waals surface area contributed by atoms with Gasteiger partial charge in [-0.3, -0.25) is 4.79 Å². The first-order valence-corrected chi connectivity index (χ1v) is 7.97. The number of halogens is 2. The molecule has 7 heteroatoms. The van der Waals surface area contributed by atoms with Gasteiger partial charge < -0.3 is 9.47 Å². The first kappa shape index (κ1) is 18.1.